The number of amides is 2. The van der Waals surface area contributed by atoms with Crippen LogP contribution in [0.5, 0.6) is 0 Å². The number of pyridine rings is 1. The first-order chi connectivity index (χ1) is 8.58. The quantitative estimate of drug-likeness (QED) is 0.843. The number of hydrogen-bond acceptors (Lipinski definition) is 3. The van der Waals surface area contributed by atoms with Crippen molar-refractivity contribution in [2.75, 3.05) is 13.1 Å². The molecule has 0 spiro atoms. The average molecular weight is 247 g/mol. The van der Waals surface area contributed by atoms with Crippen LogP contribution in [0.4, 0.5) is 0 Å². The normalized spacial score (nSPS) is 19.6. The van der Waals surface area contributed by atoms with Gasteiger partial charge in [0.05, 0.1) is 0 Å². The Kier molecular flexibility index (Phi) is 3.60. The fourth-order valence-electron chi connectivity index (χ4n) is 2.32. The van der Waals surface area contributed by atoms with Crippen molar-refractivity contribution in [1.82, 2.24) is 9.88 Å². The molecule has 5 nitrogen and oxygen atoms in total. The third kappa shape index (κ3) is 2.67. The van der Waals surface area contributed by atoms with E-state index in [4.69, 9.17) is 5.73 Å². The van der Waals surface area contributed by atoms with Gasteiger partial charge >= 0.3 is 0 Å². The molecular formula is C13H17N3O2. The monoisotopic (exact) mass is 247 g/mol. The number of primary amides is 1. The predicted octanol–water partition coefficient (Wildman–Crippen LogP) is 0.906. The Morgan fingerprint density at radius 2 is 2.22 bits per heavy atom. The van der Waals surface area contributed by atoms with E-state index in [1.165, 1.54) is 0 Å². The summed E-state index contributed by atoms with van der Waals surface area (Å²) < 4.78 is 0. The van der Waals surface area contributed by atoms with E-state index in [0.29, 0.717) is 6.54 Å². The molecule has 1 aromatic rings. The van der Waals surface area contributed by atoms with Crippen LogP contribution in [0.3, 0.4) is 0 Å². The van der Waals surface area contributed by atoms with E-state index in [1.54, 1.807) is 19.1 Å². The number of likely N-dealkylation sites (tertiary alicyclic amines) is 1. The number of carbonyl (C=O) groups is 2. The van der Waals surface area contributed by atoms with Crippen LogP contribution >= 0.6 is 0 Å². The number of carbonyl (C=O) groups excluding carboxylic acids is 2. The molecule has 18 heavy (non-hydrogen) atoms. The van der Waals surface area contributed by atoms with Crippen molar-refractivity contribution in [3.05, 3.63) is 29.6 Å². The standard InChI is InChI=1S/C13H17N3O2/c1-9(17)16-7-3-4-10(8-16)11-5-2-6-12(15-11)13(14)18/h2,5-6,10H,3-4,7-8H2,1H3,(H2,14,18). The van der Waals surface area contributed by atoms with E-state index in [9.17, 15) is 9.59 Å². The highest BCUT2D eigenvalue weighted by molar-refractivity contribution is 5.90. The van der Waals surface area contributed by atoms with Crippen LogP contribution in [0.1, 0.15) is 41.9 Å². The van der Waals surface area contributed by atoms with Crippen LogP contribution in [0.25, 0.3) is 0 Å². The second kappa shape index (κ2) is 5.16. The molecule has 5 heteroatoms. The number of aromatic nitrogens is 1. The Bertz CT molecular complexity index is 473. The lowest BCUT2D eigenvalue weighted by molar-refractivity contribution is -0.130. The van der Waals surface area contributed by atoms with Gasteiger partial charge in [-0.15, -0.1) is 0 Å². The first-order valence-electron chi connectivity index (χ1n) is 6.10. The number of hydrogen-bond donors (Lipinski definition) is 1. The molecule has 1 aliphatic rings. The molecule has 0 saturated carbocycles. The van der Waals surface area contributed by atoms with Gasteiger partial charge in [-0.3, -0.25) is 9.59 Å². The van der Waals surface area contributed by atoms with Crippen molar-refractivity contribution in [3.8, 4) is 0 Å². The van der Waals surface area contributed by atoms with Crippen molar-refractivity contribution in [2.45, 2.75) is 25.7 Å². The van der Waals surface area contributed by atoms with E-state index in [2.05, 4.69) is 4.98 Å². The molecular weight excluding hydrogens is 230 g/mol. The molecule has 2 heterocycles. The maximum Gasteiger partial charge on any atom is 0.267 e. The van der Waals surface area contributed by atoms with Crippen LogP contribution < -0.4 is 5.73 Å². The largest absolute Gasteiger partial charge is 0.364 e. The van der Waals surface area contributed by atoms with Crippen LogP contribution in [0.2, 0.25) is 0 Å². The van der Waals surface area contributed by atoms with Crippen molar-refractivity contribution < 1.29 is 9.59 Å². The summed E-state index contributed by atoms with van der Waals surface area (Å²) in [6, 6.07) is 5.29. The highest BCUT2D eigenvalue weighted by Gasteiger charge is 2.24. The fourth-order valence-corrected chi connectivity index (χ4v) is 2.32. The summed E-state index contributed by atoms with van der Waals surface area (Å²) in [7, 11) is 0. The third-order valence-electron chi connectivity index (χ3n) is 3.31. The molecule has 0 bridgehead atoms. The van der Waals surface area contributed by atoms with Gasteiger partial charge in [-0.05, 0) is 25.0 Å². The molecule has 1 atom stereocenters. The average Bonchev–Trinajstić information content (AvgIpc) is 2.39. The van der Waals surface area contributed by atoms with Crippen molar-refractivity contribution in [2.24, 2.45) is 5.73 Å². The Hall–Kier alpha value is -1.91. The topological polar surface area (TPSA) is 76.3 Å². The van der Waals surface area contributed by atoms with Crippen LogP contribution in [-0.4, -0.2) is 34.8 Å². The SMILES string of the molecule is CC(=O)N1CCCC(c2cccc(C(N)=O)n2)C1. The second-order valence-electron chi connectivity index (χ2n) is 4.62. The molecule has 1 aliphatic heterocycles. The minimum absolute atomic E-state index is 0.0887. The first kappa shape index (κ1) is 12.5. The van der Waals surface area contributed by atoms with E-state index in [1.807, 2.05) is 11.0 Å². The number of nitrogens with zero attached hydrogens (tertiary/aromatic N) is 2. The summed E-state index contributed by atoms with van der Waals surface area (Å²) >= 11 is 0. The predicted molar refractivity (Wildman–Crippen MR) is 67.0 cm³/mol. The second-order valence-corrected chi connectivity index (χ2v) is 4.62. The summed E-state index contributed by atoms with van der Waals surface area (Å²) in [6.07, 6.45) is 1.95. The first-order valence-corrected chi connectivity index (χ1v) is 6.10. The Morgan fingerprint density at radius 3 is 2.89 bits per heavy atom. The van der Waals surface area contributed by atoms with Gasteiger partial charge in [0.15, 0.2) is 0 Å². The van der Waals surface area contributed by atoms with Gasteiger partial charge < -0.3 is 10.6 Å². The lowest BCUT2D eigenvalue weighted by Crippen LogP contribution is -2.38. The van der Waals surface area contributed by atoms with Gasteiger partial charge in [-0.25, -0.2) is 4.98 Å². The molecule has 1 unspecified atom stereocenters. The molecule has 0 aliphatic carbocycles. The number of rotatable bonds is 2. The maximum absolute atomic E-state index is 11.4. The van der Waals surface area contributed by atoms with Crippen molar-refractivity contribution in [3.63, 3.8) is 0 Å². The molecule has 2 amide bonds. The van der Waals surface area contributed by atoms with Crippen LogP contribution in [0.15, 0.2) is 18.2 Å². The summed E-state index contributed by atoms with van der Waals surface area (Å²) in [6.45, 7) is 3.06. The zero-order valence-electron chi connectivity index (χ0n) is 10.4. The summed E-state index contributed by atoms with van der Waals surface area (Å²) in [5, 5.41) is 0. The third-order valence-corrected chi connectivity index (χ3v) is 3.31. The van der Waals surface area contributed by atoms with Gasteiger partial charge in [0.2, 0.25) is 5.91 Å². The Morgan fingerprint density at radius 1 is 1.44 bits per heavy atom. The molecule has 1 fully saturated rings. The van der Waals surface area contributed by atoms with E-state index < -0.39 is 5.91 Å². The summed E-state index contributed by atoms with van der Waals surface area (Å²) in [5.41, 5.74) is 6.35. The molecule has 2 N–H and O–H groups in total. The number of nitrogens with two attached hydrogens (primary N) is 1. The highest BCUT2D eigenvalue weighted by Crippen LogP contribution is 2.25. The lowest BCUT2D eigenvalue weighted by atomic mass is 9.94. The molecule has 1 saturated heterocycles. The van der Waals surface area contributed by atoms with Gasteiger partial charge in [0.1, 0.15) is 5.69 Å². The smallest absolute Gasteiger partial charge is 0.267 e. The zero-order valence-corrected chi connectivity index (χ0v) is 10.4. The van der Waals surface area contributed by atoms with E-state index in [0.717, 1.165) is 25.1 Å². The minimum Gasteiger partial charge on any atom is -0.364 e. The molecule has 1 aromatic heterocycles. The summed E-state index contributed by atoms with van der Waals surface area (Å²) in [4.78, 5) is 28.6. The lowest BCUT2D eigenvalue weighted by Gasteiger charge is -2.31. The van der Waals surface area contributed by atoms with Crippen molar-refractivity contribution in [1.29, 1.82) is 0 Å². The van der Waals surface area contributed by atoms with Crippen LogP contribution in [0, 0.1) is 0 Å². The van der Waals surface area contributed by atoms with Crippen LogP contribution in [-0.2, 0) is 4.79 Å². The fraction of sp³-hybridized carbons (Fsp3) is 0.462. The molecule has 0 aromatic carbocycles. The molecule has 96 valence electrons. The van der Waals surface area contributed by atoms with E-state index >= 15 is 0 Å². The molecule has 0 radical (unpaired) electrons. The molecule has 2 rings (SSSR count). The minimum atomic E-state index is -0.518. The maximum atomic E-state index is 11.4. The zero-order chi connectivity index (χ0) is 13.1. The Balaban J connectivity index is 2.18. The van der Waals surface area contributed by atoms with Crippen molar-refractivity contribution >= 4 is 11.8 Å². The van der Waals surface area contributed by atoms with Gasteiger partial charge in [0, 0.05) is 31.6 Å². The van der Waals surface area contributed by atoms with Gasteiger partial charge in [0.25, 0.3) is 5.91 Å². The Labute approximate surface area is 106 Å². The number of piperidine rings is 1. The summed E-state index contributed by atoms with van der Waals surface area (Å²) in [5.74, 6) is -0.233. The van der Waals surface area contributed by atoms with Gasteiger partial charge in [-0.1, -0.05) is 6.07 Å². The van der Waals surface area contributed by atoms with Gasteiger partial charge in [-0.2, -0.15) is 0 Å². The van der Waals surface area contributed by atoms with E-state index in [-0.39, 0.29) is 17.5 Å². The highest BCUT2D eigenvalue weighted by atomic mass is 16.2.